The lowest BCUT2D eigenvalue weighted by Crippen LogP contribution is -2.24. The van der Waals surface area contributed by atoms with Gasteiger partial charge >= 0.3 is 0 Å². The molecule has 0 fully saturated rings. The number of benzene rings is 1. The molecular weight excluding hydrogens is 322 g/mol. The molecule has 0 saturated carbocycles. The summed E-state index contributed by atoms with van der Waals surface area (Å²) in [5.41, 5.74) is 8.99. The zero-order valence-corrected chi connectivity index (χ0v) is 15.0. The molecule has 0 radical (unpaired) electrons. The van der Waals surface area contributed by atoms with E-state index in [-0.39, 0.29) is 10.7 Å². The normalized spacial score (nSPS) is 18.5. The van der Waals surface area contributed by atoms with Crippen LogP contribution in [0.5, 0.6) is 5.75 Å². The second-order valence-electron chi connectivity index (χ2n) is 6.54. The van der Waals surface area contributed by atoms with Crippen LogP contribution in [0, 0.1) is 5.41 Å². The van der Waals surface area contributed by atoms with Crippen molar-refractivity contribution in [2.75, 3.05) is 7.11 Å². The predicted molar refractivity (Wildman–Crippen MR) is 97.6 cm³/mol. The van der Waals surface area contributed by atoms with Crippen molar-refractivity contribution in [1.29, 1.82) is 0 Å². The van der Waals surface area contributed by atoms with Crippen LogP contribution in [0.25, 0.3) is 5.70 Å². The highest BCUT2D eigenvalue weighted by atomic mass is 32.2. The highest BCUT2D eigenvalue weighted by Crippen LogP contribution is 2.47. The molecule has 0 saturated heterocycles. The maximum Gasteiger partial charge on any atom is 0.159 e. The van der Waals surface area contributed by atoms with Crippen molar-refractivity contribution in [2.24, 2.45) is 16.1 Å². The molecule has 0 bridgehead atoms. The monoisotopic (exact) mass is 343 g/mol. The SMILES string of the molecule is COc1ccc(C2SC(N)=NC(C(C)(C)C)=C2n2cncn2)cc1. The average Bonchev–Trinajstić information content (AvgIpc) is 3.07. The van der Waals surface area contributed by atoms with Crippen LogP contribution in [0.4, 0.5) is 0 Å². The van der Waals surface area contributed by atoms with E-state index in [4.69, 9.17) is 10.5 Å². The van der Waals surface area contributed by atoms with Gasteiger partial charge in [0, 0.05) is 5.41 Å². The number of ether oxygens (including phenoxy) is 1. The molecule has 0 amide bonds. The van der Waals surface area contributed by atoms with Crippen molar-refractivity contribution >= 4 is 22.6 Å². The summed E-state index contributed by atoms with van der Waals surface area (Å²) in [6.45, 7) is 6.37. The fourth-order valence-corrected chi connectivity index (χ4v) is 3.62. The summed E-state index contributed by atoms with van der Waals surface area (Å²) in [5, 5.41) is 4.89. The quantitative estimate of drug-likeness (QED) is 0.925. The molecule has 7 heteroatoms. The lowest BCUT2D eigenvalue weighted by atomic mass is 9.89. The molecule has 6 nitrogen and oxygen atoms in total. The summed E-state index contributed by atoms with van der Waals surface area (Å²) in [4.78, 5) is 8.72. The highest BCUT2D eigenvalue weighted by molar-refractivity contribution is 8.14. The molecule has 2 heterocycles. The molecule has 2 aromatic rings. The van der Waals surface area contributed by atoms with Crippen molar-refractivity contribution < 1.29 is 4.74 Å². The predicted octanol–water partition coefficient (Wildman–Crippen LogP) is 3.30. The highest BCUT2D eigenvalue weighted by Gasteiger charge is 2.33. The van der Waals surface area contributed by atoms with E-state index in [1.807, 2.05) is 24.3 Å². The Morgan fingerprint density at radius 1 is 1.21 bits per heavy atom. The van der Waals surface area contributed by atoms with E-state index in [0.717, 1.165) is 22.7 Å². The largest absolute Gasteiger partial charge is 0.497 e. The lowest BCUT2D eigenvalue weighted by molar-refractivity contribution is 0.414. The van der Waals surface area contributed by atoms with Gasteiger partial charge in [0.25, 0.3) is 0 Å². The molecule has 0 aliphatic carbocycles. The molecule has 24 heavy (non-hydrogen) atoms. The molecule has 1 aliphatic rings. The number of rotatable bonds is 3. The smallest absolute Gasteiger partial charge is 0.159 e. The van der Waals surface area contributed by atoms with Crippen LogP contribution in [0.1, 0.15) is 31.6 Å². The third-order valence-corrected chi connectivity index (χ3v) is 4.81. The first-order valence-electron chi connectivity index (χ1n) is 7.64. The Balaban J connectivity index is 2.16. The van der Waals surface area contributed by atoms with Gasteiger partial charge in [0.05, 0.1) is 23.8 Å². The summed E-state index contributed by atoms with van der Waals surface area (Å²) in [7, 11) is 1.66. The maximum atomic E-state index is 6.13. The number of thioether (sulfide) groups is 1. The third kappa shape index (κ3) is 3.17. The molecule has 1 aromatic carbocycles. The Hall–Kier alpha value is -2.28. The number of hydrogen-bond acceptors (Lipinski definition) is 6. The first-order chi connectivity index (χ1) is 11.4. The minimum atomic E-state index is -0.169. The van der Waals surface area contributed by atoms with Gasteiger partial charge in [-0.1, -0.05) is 44.7 Å². The fraction of sp³-hybridized carbons (Fsp3) is 0.353. The molecule has 1 aliphatic heterocycles. The van der Waals surface area contributed by atoms with E-state index in [1.54, 1.807) is 18.1 Å². The van der Waals surface area contributed by atoms with E-state index >= 15 is 0 Å². The van der Waals surface area contributed by atoms with E-state index in [9.17, 15) is 0 Å². The van der Waals surface area contributed by atoms with Crippen LogP contribution >= 0.6 is 11.8 Å². The van der Waals surface area contributed by atoms with Gasteiger partial charge in [-0.3, -0.25) is 0 Å². The second-order valence-corrected chi connectivity index (χ2v) is 7.67. The first-order valence-corrected chi connectivity index (χ1v) is 8.52. The van der Waals surface area contributed by atoms with Crippen molar-refractivity contribution in [3.05, 3.63) is 48.2 Å². The third-order valence-electron chi connectivity index (χ3n) is 3.75. The first kappa shape index (κ1) is 16.6. The molecule has 1 unspecified atom stereocenters. The Kier molecular flexibility index (Phi) is 4.36. The number of nitrogens with zero attached hydrogens (tertiary/aromatic N) is 4. The summed E-state index contributed by atoms with van der Waals surface area (Å²) in [5.74, 6) is 0.823. The number of aromatic nitrogens is 3. The van der Waals surface area contributed by atoms with E-state index in [2.05, 4.69) is 35.8 Å². The van der Waals surface area contributed by atoms with Crippen LogP contribution < -0.4 is 10.5 Å². The van der Waals surface area contributed by atoms with Crippen LogP contribution in [0.3, 0.4) is 0 Å². The number of aliphatic imine (C=N–C) groups is 1. The Morgan fingerprint density at radius 2 is 1.92 bits per heavy atom. The number of amidine groups is 1. The topological polar surface area (TPSA) is 78.3 Å². The van der Waals surface area contributed by atoms with E-state index in [1.165, 1.54) is 18.1 Å². The van der Waals surface area contributed by atoms with Crippen LogP contribution in [0.2, 0.25) is 0 Å². The van der Waals surface area contributed by atoms with Gasteiger partial charge in [-0.15, -0.1) is 0 Å². The summed E-state index contributed by atoms with van der Waals surface area (Å²) >= 11 is 1.52. The zero-order chi connectivity index (χ0) is 17.3. The molecule has 126 valence electrons. The second kappa shape index (κ2) is 6.32. The van der Waals surface area contributed by atoms with Gasteiger partial charge in [-0.25, -0.2) is 14.7 Å². The fourth-order valence-electron chi connectivity index (χ4n) is 2.61. The van der Waals surface area contributed by atoms with Gasteiger partial charge in [-0.05, 0) is 17.7 Å². The molecular formula is C17H21N5OS. The van der Waals surface area contributed by atoms with Crippen LogP contribution in [-0.4, -0.2) is 27.0 Å². The minimum absolute atomic E-state index is 0.00988. The average molecular weight is 343 g/mol. The van der Waals surface area contributed by atoms with Gasteiger partial charge in [0.1, 0.15) is 18.4 Å². The molecule has 2 N–H and O–H groups in total. The van der Waals surface area contributed by atoms with Crippen molar-refractivity contribution in [3.63, 3.8) is 0 Å². The summed E-state index contributed by atoms with van der Waals surface area (Å²) < 4.78 is 7.05. The number of hydrogen-bond donors (Lipinski definition) is 1. The van der Waals surface area contributed by atoms with E-state index in [0.29, 0.717) is 5.17 Å². The van der Waals surface area contributed by atoms with Crippen LogP contribution in [-0.2, 0) is 0 Å². The maximum absolute atomic E-state index is 6.13. The molecule has 1 aromatic heterocycles. The standard InChI is InChI=1S/C17H21N5OS/c1-17(2,3)15-13(22-10-19-9-20-22)14(24-16(18)21-15)11-5-7-12(23-4)8-6-11/h5-10,14H,1-4H3,(H2,18,21). The van der Waals surface area contributed by atoms with Gasteiger partial charge in [0.15, 0.2) is 5.17 Å². The van der Waals surface area contributed by atoms with Crippen LogP contribution in [0.15, 0.2) is 47.6 Å². The number of methoxy groups -OCH3 is 1. The number of allylic oxidation sites excluding steroid dienone is 1. The van der Waals surface area contributed by atoms with Crippen molar-refractivity contribution in [3.8, 4) is 5.75 Å². The molecule has 3 rings (SSSR count). The number of nitrogens with two attached hydrogens (primary N) is 1. The van der Waals surface area contributed by atoms with Gasteiger partial charge in [0.2, 0.25) is 0 Å². The van der Waals surface area contributed by atoms with Crippen molar-refractivity contribution in [2.45, 2.75) is 26.0 Å². The molecule has 1 atom stereocenters. The Labute approximate surface area is 145 Å². The van der Waals surface area contributed by atoms with E-state index < -0.39 is 0 Å². The summed E-state index contributed by atoms with van der Waals surface area (Å²) in [6.07, 6.45) is 3.24. The van der Waals surface area contributed by atoms with Gasteiger partial charge < -0.3 is 10.5 Å². The Morgan fingerprint density at radius 3 is 2.46 bits per heavy atom. The lowest BCUT2D eigenvalue weighted by Gasteiger charge is -2.31. The van der Waals surface area contributed by atoms with Crippen molar-refractivity contribution in [1.82, 2.24) is 14.8 Å². The minimum Gasteiger partial charge on any atom is -0.497 e. The Bertz CT molecular complexity index is 772. The van der Waals surface area contributed by atoms with Gasteiger partial charge in [-0.2, -0.15) is 5.10 Å². The molecule has 0 spiro atoms. The zero-order valence-electron chi connectivity index (χ0n) is 14.2. The summed E-state index contributed by atoms with van der Waals surface area (Å²) in [6, 6.07) is 8.00.